The number of hydrogen-bond acceptors (Lipinski definition) is 3. The van der Waals surface area contributed by atoms with Crippen LogP contribution < -0.4 is 5.43 Å². The van der Waals surface area contributed by atoms with Crippen LogP contribution in [-0.4, -0.2) is 30.7 Å². The average Bonchev–Trinajstić information content (AvgIpc) is 2.69. The third-order valence-electron chi connectivity index (χ3n) is 4.75. The van der Waals surface area contributed by atoms with E-state index in [0.29, 0.717) is 25.9 Å². The maximum atomic E-state index is 14.3. The first-order valence-electron chi connectivity index (χ1n) is 8.59. The molecule has 1 fully saturated rings. The maximum absolute atomic E-state index is 14.3. The Morgan fingerprint density at radius 2 is 1.43 bits per heavy atom. The minimum atomic E-state index is -2.26. The molecular weight excluding hydrogens is 384 g/mol. The average molecular weight is 401 g/mol. The lowest BCUT2D eigenvalue weighted by molar-refractivity contribution is 0.252. The van der Waals surface area contributed by atoms with E-state index in [-0.39, 0.29) is 17.2 Å². The number of piperidine rings is 1. The van der Waals surface area contributed by atoms with Crippen molar-refractivity contribution in [1.82, 2.24) is 4.90 Å². The molecule has 1 heterocycles. The molecule has 0 aliphatic carbocycles. The lowest BCUT2D eigenvalue weighted by Crippen LogP contribution is -2.34. The van der Waals surface area contributed by atoms with Crippen LogP contribution in [0.2, 0.25) is 0 Å². The topological polar surface area (TPSA) is 27.6 Å². The second-order valence-corrected chi connectivity index (χ2v) is 6.61. The van der Waals surface area contributed by atoms with Crippen LogP contribution in [0, 0.1) is 40.8 Å². The summed E-state index contributed by atoms with van der Waals surface area (Å²) in [6.45, 7) is 1.39. The number of hydrazone groups is 1. The molecule has 3 nitrogen and oxygen atoms in total. The lowest BCUT2D eigenvalue weighted by Gasteiger charge is -2.30. The van der Waals surface area contributed by atoms with E-state index in [0.717, 1.165) is 0 Å². The van der Waals surface area contributed by atoms with Crippen molar-refractivity contribution in [3.05, 3.63) is 64.7 Å². The lowest BCUT2D eigenvalue weighted by atomic mass is 9.88. The van der Waals surface area contributed by atoms with E-state index >= 15 is 0 Å². The summed E-state index contributed by atoms with van der Waals surface area (Å²) in [5.41, 5.74) is 0.923. The fraction of sp³-hybridized carbons (Fsp3) is 0.316. The minimum absolute atomic E-state index is 0.105. The third-order valence-corrected chi connectivity index (χ3v) is 4.75. The van der Waals surface area contributed by atoms with Crippen LogP contribution in [0.3, 0.4) is 0 Å². The first-order valence-corrected chi connectivity index (χ1v) is 8.59. The fourth-order valence-electron chi connectivity index (χ4n) is 3.14. The maximum Gasteiger partial charge on any atom is 0.200 e. The predicted octanol–water partition coefficient (Wildman–Crippen LogP) is 4.68. The number of benzene rings is 2. The number of likely N-dealkylation sites (tertiary alicyclic amines) is 1. The molecule has 0 radical (unpaired) electrons. The van der Waals surface area contributed by atoms with E-state index in [1.807, 2.05) is 12.5 Å². The van der Waals surface area contributed by atoms with Crippen molar-refractivity contribution in [2.45, 2.75) is 12.8 Å². The van der Waals surface area contributed by atoms with Crippen LogP contribution in [0.15, 0.2) is 29.4 Å². The van der Waals surface area contributed by atoms with Crippen molar-refractivity contribution in [2.75, 3.05) is 25.6 Å². The van der Waals surface area contributed by atoms with Gasteiger partial charge >= 0.3 is 0 Å². The molecular formula is C19H17F6N3. The van der Waals surface area contributed by atoms with Gasteiger partial charge < -0.3 is 4.90 Å². The summed E-state index contributed by atoms with van der Waals surface area (Å²) in [6.07, 6.45) is 1.20. The van der Waals surface area contributed by atoms with Crippen LogP contribution in [-0.2, 0) is 0 Å². The third kappa shape index (κ3) is 3.84. The van der Waals surface area contributed by atoms with E-state index in [9.17, 15) is 26.3 Å². The van der Waals surface area contributed by atoms with Gasteiger partial charge in [0.2, 0.25) is 5.82 Å². The molecule has 1 saturated heterocycles. The summed E-state index contributed by atoms with van der Waals surface area (Å²) in [5, 5.41) is 3.88. The first-order chi connectivity index (χ1) is 13.3. The van der Waals surface area contributed by atoms with E-state index < -0.39 is 40.6 Å². The molecule has 0 unspecified atom stereocenters. The van der Waals surface area contributed by atoms with Gasteiger partial charge in [0.15, 0.2) is 23.3 Å². The highest BCUT2D eigenvalue weighted by molar-refractivity contribution is 6.03. The zero-order chi connectivity index (χ0) is 20.4. The summed E-state index contributed by atoms with van der Waals surface area (Å²) in [5.74, 6) is -11.3. The standard InChI is InChI=1S/C19H17F6N3/c1-28-8-6-10(7-9-28)18(11-4-2-3-5-12(11)20)26-27-19-16(24)14(22)13(21)15(23)17(19)25/h2-5,10,27H,6-9H2,1H3. The van der Waals surface area contributed by atoms with Gasteiger partial charge in [-0.05, 0) is 39.0 Å². The molecule has 0 bridgehead atoms. The van der Waals surface area contributed by atoms with Crippen LogP contribution in [0.1, 0.15) is 18.4 Å². The Morgan fingerprint density at radius 1 is 0.893 bits per heavy atom. The molecule has 0 atom stereocenters. The molecule has 1 N–H and O–H groups in total. The van der Waals surface area contributed by atoms with Gasteiger partial charge in [0, 0.05) is 11.5 Å². The Labute approximate surface area is 157 Å². The highest BCUT2D eigenvalue weighted by Gasteiger charge is 2.28. The van der Waals surface area contributed by atoms with Crippen molar-refractivity contribution in [1.29, 1.82) is 0 Å². The van der Waals surface area contributed by atoms with Gasteiger partial charge in [0.25, 0.3) is 0 Å². The van der Waals surface area contributed by atoms with E-state index in [4.69, 9.17) is 0 Å². The van der Waals surface area contributed by atoms with Crippen molar-refractivity contribution >= 4 is 11.4 Å². The van der Waals surface area contributed by atoms with Gasteiger partial charge in [-0.1, -0.05) is 18.2 Å². The zero-order valence-electron chi connectivity index (χ0n) is 14.9. The monoisotopic (exact) mass is 401 g/mol. The number of halogens is 6. The number of rotatable bonds is 4. The summed E-state index contributed by atoms with van der Waals surface area (Å²) >= 11 is 0. The molecule has 9 heteroatoms. The molecule has 28 heavy (non-hydrogen) atoms. The Hall–Kier alpha value is -2.55. The molecule has 150 valence electrons. The molecule has 1 aliphatic heterocycles. The molecule has 2 aromatic rings. The SMILES string of the molecule is CN1CCC(C(=NNc2c(F)c(F)c(F)c(F)c2F)c2ccccc2F)CC1. The molecule has 3 rings (SSSR count). The van der Waals surface area contributed by atoms with E-state index in [2.05, 4.69) is 10.0 Å². The van der Waals surface area contributed by atoms with Crippen LogP contribution in [0.25, 0.3) is 0 Å². The molecule has 0 spiro atoms. The quantitative estimate of drug-likeness (QED) is 0.265. The molecule has 0 aromatic heterocycles. The molecule has 1 aliphatic rings. The van der Waals surface area contributed by atoms with Crippen LogP contribution in [0.5, 0.6) is 0 Å². The van der Waals surface area contributed by atoms with Crippen molar-refractivity contribution in [2.24, 2.45) is 11.0 Å². The second kappa shape index (κ2) is 8.22. The van der Waals surface area contributed by atoms with Crippen molar-refractivity contribution in [3.63, 3.8) is 0 Å². The predicted molar refractivity (Wildman–Crippen MR) is 93.0 cm³/mol. The van der Waals surface area contributed by atoms with Crippen LogP contribution >= 0.6 is 0 Å². The minimum Gasteiger partial charge on any atom is -0.306 e. The van der Waals surface area contributed by atoms with Gasteiger partial charge in [-0.2, -0.15) is 5.10 Å². The number of hydrogen-bond donors (Lipinski definition) is 1. The van der Waals surface area contributed by atoms with Gasteiger partial charge in [-0.3, -0.25) is 5.43 Å². The summed E-state index contributed by atoms with van der Waals surface area (Å²) in [6, 6.07) is 5.70. The fourth-order valence-corrected chi connectivity index (χ4v) is 3.14. The largest absolute Gasteiger partial charge is 0.306 e. The zero-order valence-corrected chi connectivity index (χ0v) is 14.9. The first kappa shape index (κ1) is 20.2. The highest BCUT2D eigenvalue weighted by Crippen LogP contribution is 2.28. The van der Waals surface area contributed by atoms with E-state index in [1.165, 1.54) is 18.2 Å². The highest BCUT2D eigenvalue weighted by atomic mass is 19.2. The Morgan fingerprint density at radius 3 is 2.00 bits per heavy atom. The molecule has 0 saturated carbocycles. The number of anilines is 1. The van der Waals surface area contributed by atoms with Gasteiger partial charge in [0.05, 0.1) is 5.71 Å². The van der Waals surface area contributed by atoms with Gasteiger partial charge in [-0.15, -0.1) is 0 Å². The van der Waals surface area contributed by atoms with Crippen LogP contribution in [0.4, 0.5) is 32.0 Å². The Kier molecular flexibility index (Phi) is 5.93. The number of nitrogens with zero attached hydrogens (tertiary/aromatic N) is 2. The van der Waals surface area contributed by atoms with Crippen molar-refractivity contribution < 1.29 is 26.3 Å². The summed E-state index contributed by atoms with van der Waals surface area (Å²) in [7, 11) is 1.92. The number of nitrogens with one attached hydrogen (secondary N) is 1. The summed E-state index contributed by atoms with van der Waals surface area (Å²) in [4.78, 5) is 2.06. The molecule has 0 amide bonds. The van der Waals surface area contributed by atoms with Crippen molar-refractivity contribution in [3.8, 4) is 0 Å². The Balaban J connectivity index is 2.02. The normalized spacial score (nSPS) is 16.5. The molecule has 2 aromatic carbocycles. The van der Waals surface area contributed by atoms with Gasteiger partial charge in [-0.25, -0.2) is 26.3 Å². The Bertz CT molecular complexity index is 878. The van der Waals surface area contributed by atoms with E-state index in [1.54, 1.807) is 6.07 Å². The smallest absolute Gasteiger partial charge is 0.200 e. The summed E-state index contributed by atoms with van der Waals surface area (Å²) < 4.78 is 82.1. The second-order valence-electron chi connectivity index (χ2n) is 6.61. The van der Waals surface area contributed by atoms with Gasteiger partial charge in [0.1, 0.15) is 11.5 Å².